The summed E-state index contributed by atoms with van der Waals surface area (Å²) in [6.07, 6.45) is 5.70. The third kappa shape index (κ3) is 3.84. The van der Waals surface area contributed by atoms with Crippen molar-refractivity contribution in [2.45, 2.75) is 56.7 Å². The molecule has 2 fully saturated rings. The van der Waals surface area contributed by atoms with Gasteiger partial charge in [-0.2, -0.15) is 4.98 Å². The molecule has 166 valence electrons. The number of phenols is 1. The molecular weight excluding hydrogens is 408 g/mol. The van der Waals surface area contributed by atoms with Crippen molar-refractivity contribution in [2.24, 2.45) is 7.05 Å². The van der Waals surface area contributed by atoms with E-state index in [1.54, 1.807) is 31.3 Å². The zero-order valence-corrected chi connectivity index (χ0v) is 18.4. The van der Waals surface area contributed by atoms with Crippen molar-refractivity contribution in [3.63, 3.8) is 0 Å². The largest absolute Gasteiger partial charge is 0.507 e. The number of hydrogen-bond acceptors (Lipinski definition) is 8. The Morgan fingerprint density at radius 2 is 1.88 bits per heavy atom. The van der Waals surface area contributed by atoms with Gasteiger partial charge in [0.2, 0.25) is 5.88 Å². The maximum absolute atomic E-state index is 11.8. The SMILES string of the molecule is Cn1cnc(-c2ccc(-c3ccc(OC4C[C@]5(C)CC[C@](C)(C4)N5)nn3)c(O)c2)nc1=O. The standard InChI is InChI=1S/C23H26N6O3/c1-22-8-9-23(2,28-22)12-15(11-22)32-19-7-6-17(26-27-19)16-5-4-14(10-18(16)30)20-24-13-29(3)21(31)25-20/h4-7,10,13,15,28,30H,8-9,11-12H2,1-3H3/t15?,22-,23+. The molecule has 32 heavy (non-hydrogen) atoms. The zero-order valence-electron chi connectivity index (χ0n) is 18.4. The summed E-state index contributed by atoms with van der Waals surface area (Å²) in [5.74, 6) is 0.741. The van der Waals surface area contributed by atoms with Crippen LogP contribution in [0.5, 0.6) is 11.6 Å². The fourth-order valence-electron chi connectivity index (χ4n) is 4.98. The van der Waals surface area contributed by atoms with Gasteiger partial charge in [0.1, 0.15) is 18.2 Å². The van der Waals surface area contributed by atoms with Crippen LogP contribution in [0.2, 0.25) is 0 Å². The van der Waals surface area contributed by atoms with E-state index in [9.17, 15) is 9.90 Å². The maximum Gasteiger partial charge on any atom is 0.350 e. The van der Waals surface area contributed by atoms with Gasteiger partial charge in [-0.1, -0.05) is 6.07 Å². The number of fused-ring (bicyclic) bond motifs is 2. The highest BCUT2D eigenvalue weighted by Gasteiger charge is 2.49. The normalized spacial score (nSPS) is 26.8. The number of rotatable bonds is 4. The van der Waals surface area contributed by atoms with E-state index in [1.165, 1.54) is 17.0 Å². The highest BCUT2D eigenvalue weighted by molar-refractivity contribution is 5.71. The fourth-order valence-corrected chi connectivity index (χ4v) is 4.98. The summed E-state index contributed by atoms with van der Waals surface area (Å²) in [5.41, 5.74) is 1.41. The lowest BCUT2D eigenvalue weighted by Crippen LogP contribution is -2.56. The van der Waals surface area contributed by atoms with Gasteiger partial charge in [-0.3, -0.25) is 4.57 Å². The Morgan fingerprint density at radius 3 is 2.50 bits per heavy atom. The van der Waals surface area contributed by atoms with E-state index in [1.807, 2.05) is 0 Å². The lowest BCUT2D eigenvalue weighted by Gasteiger charge is -2.41. The molecule has 2 N–H and O–H groups in total. The Labute approximate surface area is 185 Å². The number of nitrogens with one attached hydrogen (secondary N) is 1. The number of aromatic nitrogens is 5. The Morgan fingerprint density at radius 1 is 1.12 bits per heavy atom. The van der Waals surface area contributed by atoms with E-state index in [-0.39, 0.29) is 28.8 Å². The number of benzene rings is 1. The number of ether oxygens (including phenoxy) is 1. The van der Waals surface area contributed by atoms with Crippen LogP contribution in [-0.4, -0.2) is 47.0 Å². The van der Waals surface area contributed by atoms with Crippen molar-refractivity contribution in [3.8, 4) is 34.3 Å². The van der Waals surface area contributed by atoms with Crippen LogP contribution < -0.4 is 15.7 Å². The molecule has 2 aliphatic rings. The molecular formula is C23H26N6O3. The van der Waals surface area contributed by atoms with Gasteiger partial charge in [0, 0.05) is 48.2 Å². The first-order valence-electron chi connectivity index (χ1n) is 10.8. The zero-order chi connectivity index (χ0) is 22.5. The van der Waals surface area contributed by atoms with Crippen LogP contribution in [0.25, 0.3) is 22.6 Å². The monoisotopic (exact) mass is 434 g/mol. The number of aromatic hydroxyl groups is 1. The third-order valence-electron chi connectivity index (χ3n) is 6.50. The van der Waals surface area contributed by atoms with Crippen LogP contribution in [-0.2, 0) is 7.05 Å². The topological polar surface area (TPSA) is 115 Å². The van der Waals surface area contributed by atoms with Crippen LogP contribution in [0.15, 0.2) is 41.5 Å². The predicted molar refractivity (Wildman–Crippen MR) is 118 cm³/mol. The van der Waals surface area contributed by atoms with E-state index in [0.717, 1.165) is 25.7 Å². The molecule has 9 heteroatoms. The minimum atomic E-state index is -0.412. The van der Waals surface area contributed by atoms with Crippen LogP contribution in [0.3, 0.4) is 0 Å². The van der Waals surface area contributed by atoms with Gasteiger partial charge in [-0.15, -0.1) is 10.2 Å². The first-order valence-corrected chi connectivity index (χ1v) is 10.8. The number of nitrogens with zero attached hydrogens (tertiary/aromatic N) is 5. The minimum absolute atomic E-state index is 0.00512. The summed E-state index contributed by atoms with van der Waals surface area (Å²) in [5, 5.41) is 22.8. The van der Waals surface area contributed by atoms with Crippen LogP contribution >= 0.6 is 0 Å². The number of hydrogen-bond donors (Lipinski definition) is 2. The molecule has 5 rings (SSSR count). The van der Waals surface area contributed by atoms with Gasteiger partial charge < -0.3 is 15.2 Å². The summed E-state index contributed by atoms with van der Waals surface area (Å²) in [6.45, 7) is 4.51. The molecule has 2 bridgehead atoms. The second-order valence-electron chi connectivity index (χ2n) is 9.46. The fraction of sp³-hybridized carbons (Fsp3) is 0.435. The second-order valence-corrected chi connectivity index (χ2v) is 9.46. The van der Waals surface area contributed by atoms with E-state index in [0.29, 0.717) is 22.7 Å². The Balaban J connectivity index is 1.33. The lowest BCUT2D eigenvalue weighted by molar-refractivity contribution is 0.0754. The van der Waals surface area contributed by atoms with E-state index < -0.39 is 5.69 Å². The van der Waals surface area contributed by atoms with Crippen LogP contribution in [0, 0.1) is 0 Å². The molecule has 0 spiro atoms. The molecule has 3 aromatic rings. The van der Waals surface area contributed by atoms with Gasteiger partial charge in [-0.25, -0.2) is 9.78 Å². The summed E-state index contributed by atoms with van der Waals surface area (Å²) < 4.78 is 7.45. The minimum Gasteiger partial charge on any atom is -0.507 e. The van der Waals surface area contributed by atoms with Crippen molar-refractivity contribution in [2.75, 3.05) is 0 Å². The summed E-state index contributed by atoms with van der Waals surface area (Å²) in [7, 11) is 1.58. The average Bonchev–Trinajstić information content (AvgIpc) is 2.98. The van der Waals surface area contributed by atoms with Gasteiger partial charge in [0.05, 0.1) is 5.69 Å². The predicted octanol–water partition coefficient (Wildman–Crippen LogP) is 2.45. The van der Waals surface area contributed by atoms with Gasteiger partial charge >= 0.3 is 5.69 Å². The second kappa shape index (κ2) is 7.37. The molecule has 3 atom stereocenters. The van der Waals surface area contributed by atoms with Crippen molar-refractivity contribution >= 4 is 0 Å². The van der Waals surface area contributed by atoms with Crippen molar-refractivity contribution in [1.29, 1.82) is 0 Å². The molecule has 2 aliphatic heterocycles. The van der Waals surface area contributed by atoms with Crippen molar-refractivity contribution in [3.05, 3.63) is 47.1 Å². The van der Waals surface area contributed by atoms with E-state index >= 15 is 0 Å². The highest BCUT2D eigenvalue weighted by Crippen LogP contribution is 2.43. The van der Waals surface area contributed by atoms with Crippen molar-refractivity contribution < 1.29 is 9.84 Å². The van der Waals surface area contributed by atoms with E-state index in [2.05, 4.69) is 39.3 Å². The van der Waals surface area contributed by atoms with Gasteiger partial charge in [-0.05, 0) is 44.9 Å². The van der Waals surface area contributed by atoms with Gasteiger partial charge in [0.25, 0.3) is 0 Å². The third-order valence-corrected chi connectivity index (χ3v) is 6.50. The molecule has 0 radical (unpaired) electrons. The van der Waals surface area contributed by atoms with Crippen LogP contribution in [0.1, 0.15) is 39.5 Å². The maximum atomic E-state index is 11.8. The lowest BCUT2D eigenvalue weighted by atomic mass is 9.86. The molecule has 0 saturated carbocycles. The smallest absolute Gasteiger partial charge is 0.350 e. The highest BCUT2D eigenvalue weighted by atomic mass is 16.5. The van der Waals surface area contributed by atoms with E-state index in [4.69, 9.17) is 4.74 Å². The first kappa shape index (κ1) is 20.6. The number of phenolic OH excluding ortho intramolecular Hbond substituents is 1. The summed E-state index contributed by atoms with van der Waals surface area (Å²) in [4.78, 5) is 19.8. The molecule has 2 saturated heterocycles. The quantitative estimate of drug-likeness (QED) is 0.643. The van der Waals surface area contributed by atoms with Crippen molar-refractivity contribution in [1.82, 2.24) is 30.0 Å². The number of piperidine rings is 1. The Kier molecular flexibility index (Phi) is 4.74. The summed E-state index contributed by atoms with van der Waals surface area (Å²) in [6, 6.07) is 8.53. The molecule has 9 nitrogen and oxygen atoms in total. The molecule has 4 heterocycles. The Bertz CT molecular complexity index is 1210. The average molecular weight is 435 g/mol. The number of aryl methyl sites for hydroxylation is 1. The molecule has 1 aromatic carbocycles. The molecule has 0 amide bonds. The molecule has 0 aliphatic carbocycles. The molecule has 1 unspecified atom stereocenters. The Hall–Kier alpha value is -3.33. The summed E-state index contributed by atoms with van der Waals surface area (Å²) >= 11 is 0. The van der Waals surface area contributed by atoms with Gasteiger partial charge in [0.15, 0.2) is 5.82 Å². The van der Waals surface area contributed by atoms with Crippen LogP contribution in [0.4, 0.5) is 0 Å². The first-order chi connectivity index (χ1) is 15.2. The molecule has 2 aromatic heterocycles.